The summed E-state index contributed by atoms with van der Waals surface area (Å²) in [6, 6.07) is 5.65. The number of carbonyl (C=O) groups is 1. The molecule has 0 aliphatic carbocycles. The number of fused-ring (bicyclic) bond motifs is 1. The number of carbonyl (C=O) groups excluding carboxylic acids is 1. The van der Waals surface area contributed by atoms with Crippen LogP contribution in [0.5, 0.6) is 5.75 Å². The fourth-order valence-electron chi connectivity index (χ4n) is 1.83. The highest BCUT2D eigenvalue weighted by Crippen LogP contribution is 2.35. The van der Waals surface area contributed by atoms with E-state index in [1.807, 2.05) is 18.2 Å². The molecule has 0 amide bonds. The molecule has 74 valence electrons. The number of hydrogen-bond acceptors (Lipinski definition) is 2. The molecule has 0 radical (unpaired) electrons. The molecule has 1 heterocycles. The number of benzene rings is 1. The van der Waals surface area contributed by atoms with Gasteiger partial charge in [0.05, 0.1) is 0 Å². The number of Topliss-reactive ketones (excluding diaryl/α,β-unsaturated/α-hetero) is 1. The Balaban J connectivity index is 2.40. The molecule has 0 N–H and O–H groups in total. The topological polar surface area (TPSA) is 26.3 Å². The zero-order chi connectivity index (χ0) is 10.3. The molecule has 14 heavy (non-hydrogen) atoms. The third-order valence-corrected chi connectivity index (χ3v) is 2.47. The van der Waals surface area contributed by atoms with Gasteiger partial charge in [-0.3, -0.25) is 4.79 Å². The largest absolute Gasteiger partial charge is 0.487 e. The summed E-state index contributed by atoms with van der Waals surface area (Å²) in [6.45, 7) is 5.70. The first-order chi connectivity index (χ1) is 6.48. The van der Waals surface area contributed by atoms with Crippen molar-refractivity contribution in [3.8, 4) is 5.75 Å². The molecule has 0 saturated heterocycles. The maximum Gasteiger partial charge on any atom is 0.159 e. The summed E-state index contributed by atoms with van der Waals surface area (Å²) >= 11 is 0. The van der Waals surface area contributed by atoms with Crippen LogP contribution in [0.3, 0.4) is 0 Å². The van der Waals surface area contributed by atoms with Crippen LogP contribution in [0.15, 0.2) is 18.2 Å². The Labute approximate surface area is 83.9 Å². The molecule has 1 aromatic carbocycles. The van der Waals surface area contributed by atoms with Crippen molar-refractivity contribution in [2.24, 2.45) is 0 Å². The van der Waals surface area contributed by atoms with Gasteiger partial charge in [-0.25, -0.2) is 0 Å². The lowest BCUT2D eigenvalue weighted by Gasteiger charge is -2.16. The fourth-order valence-corrected chi connectivity index (χ4v) is 1.83. The number of ether oxygens (including phenoxy) is 1. The lowest BCUT2D eigenvalue weighted by molar-refractivity contribution is 0.101. The summed E-state index contributed by atoms with van der Waals surface area (Å²) in [5.41, 5.74) is 1.78. The van der Waals surface area contributed by atoms with Crippen molar-refractivity contribution in [1.29, 1.82) is 0 Å². The molecular weight excluding hydrogens is 176 g/mol. The van der Waals surface area contributed by atoms with Crippen LogP contribution in [-0.4, -0.2) is 11.4 Å². The Morgan fingerprint density at radius 1 is 1.43 bits per heavy atom. The first-order valence-electron chi connectivity index (χ1n) is 4.81. The molecule has 0 aromatic heterocycles. The van der Waals surface area contributed by atoms with Gasteiger partial charge in [0.1, 0.15) is 11.4 Å². The third-order valence-electron chi connectivity index (χ3n) is 2.47. The normalized spacial score (nSPS) is 17.4. The first kappa shape index (κ1) is 9.25. The maximum absolute atomic E-state index is 11.2. The van der Waals surface area contributed by atoms with Crippen molar-refractivity contribution in [2.45, 2.75) is 32.8 Å². The molecule has 0 saturated carbocycles. The van der Waals surface area contributed by atoms with E-state index in [0.29, 0.717) is 0 Å². The van der Waals surface area contributed by atoms with Gasteiger partial charge in [-0.2, -0.15) is 0 Å². The van der Waals surface area contributed by atoms with E-state index in [2.05, 4.69) is 13.8 Å². The summed E-state index contributed by atoms with van der Waals surface area (Å²) in [7, 11) is 0. The zero-order valence-electron chi connectivity index (χ0n) is 8.76. The van der Waals surface area contributed by atoms with Crippen LogP contribution in [0.2, 0.25) is 0 Å². The number of rotatable bonds is 1. The summed E-state index contributed by atoms with van der Waals surface area (Å²) in [5, 5.41) is 0. The van der Waals surface area contributed by atoms with Gasteiger partial charge in [0.2, 0.25) is 0 Å². The van der Waals surface area contributed by atoms with E-state index in [0.717, 1.165) is 23.3 Å². The molecule has 2 rings (SSSR count). The van der Waals surface area contributed by atoms with Gasteiger partial charge in [-0.15, -0.1) is 0 Å². The standard InChI is InChI=1S/C12H14O2/c1-8(13)9-4-5-11-10(6-9)7-12(2,3)14-11/h4-6H,7H2,1-3H3. The predicted octanol–water partition coefficient (Wildman–Crippen LogP) is 2.60. The fraction of sp³-hybridized carbons (Fsp3) is 0.417. The lowest BCUT2D eigenvalue weighted by atomic mass is 9.99. The monoisotopic (exact) mass is 190 g/mol. The second kappa shape index (κ2) is 2.84. The minimum atomic E-state index is -0.127. The predicted molar refractivity (Wildman–Crippen MR) is 54.9 cm³/mol. The van der Waals surface area contributed by atoms with Gasteiger partial charge in [0, 0.05) is 12.0 Å². The average molecular weight is 190 g/mol. The van der Waals surface area contributed by atoms with E-state index in [9.17, 15) is 4.79 Å². The highest BCUT2D eigenvalue weighted by molar-refractivity contribution is 5.94. The van der Waals surface area contributed by atoms with Crippen molar-refractivity contribution in [3.05, 3.63) is 29.3 Å². The molecular formula is C12H14O2. The van der Waals surface area contributed by atoms with Crippen molar-refractivity contribution >= 4 is 5.78 Å². The SMILES string of the molecule is CC(=O)c1ccc2c(c1)CC(C)(C)O2. The Morgan fingerprint density at radius 2 is 2.14 bits per heavy atom. The zero-order valence-corrected chi connectivity index (χ0v) is 8.76. The molecule has 0 fully saturated rings. The van der Waals surface area contributed by atoms with Gasteiger partial charge in [0.15, 0.2) is 5.78 Å². The van der Waals surface area contributed by atoms with E-state index >= 15 is 0 Å². The molecule has 0 unspecified atom stereocenters. The Bertz CT molecular complexity index is 391. The smallest absolute Gasteiger partial charge is 0.159 e. The summed E-state index contributed by atoms with van der Waals surface area (Å²) < 4.78 is 5.72. The van der Waals surface area contributed by atoms with E-state index < -0.39 is 0 Å². The van der Waals surface area contributed by atoms with Crippen LogP contribution in [0.4, 0.5) is 0 Å². The highest BCUT2D eigenvalue weighted by atomic mass is 16.5. The molecule has 1 aliphatic rings. The second-order valence-electron chi connectivity index (χ2n) is 4.42. The van der Waals surface area contributed by atoms with Crippen LogP contribution in [0.25, 0.3) is 0 Å². The molecule has 2 nitrogen and oxygen atoms in total. The minimum Gasteiger partial charge on any atom is -0.487 e. The Hall–Kier alpha value is -1.31. The molecule has 1 aromatic rings. The molecule has 1 aliphatic heterocycles. The van der Waals surface area contributed by atoms with Crippen LogP contribution in [0, 0.1) is 0 Å². The summed E-state index contributed by atoms with van der Waals surface area (Å²) in [4.78, 5) is 11.2. The number of ketones is 1. The van der Waals surface area contributed by atoms with Crippen LogP contribution in [0.1, 0.15) is 36.7 Å². The van der Waals surface area contributed by atoms with E-state index in [-0.39, 0.29) is 11.4 Å². The Morgan fingerprint density at radius 3 is 2.79 bits per heavy atom. The quantitative estimate of drug-likeness (QED) is 0.636. The van der Waals surface area contributed by atoms with Crippen molar-refractivity contribution in [3.63, 3.8) is 0 Å². The molecule has 0 bridgehead atoms. The molecule has 2 heteroatoms. The summed E-state index contributed by atoms with van der Waals surface area (Å²) in [5.74, 6) is 1.03. The average Bonchev–Trinajstić information content (AvgIpc) is 2.36. The van der Waals surface area contributed by atoms with Gasteiger partial charge >= 0.3 is 0 Å². The van der Waals surface area contributed by atoms with Crippen LogP contribution in [-0.2, 0) is 6.42 Å². The molecule has 0 spiro atoms. The van der Waals surface area contributed by atoms with Crippen molar-refractivity contribution < 1.29 is 9.53 Å². The van der Waals surface area contributed by atoms with Gasteiger partial charge in [0.25, 0.3) is 0 Å². The Kier molecular flexibility index (Phi) is 1.88. The number of hydrogen-bond donors (Lipinski definition) is 0. The first-order valence-corrected chi connectivity index (χ1v) is 4.81. The van der Waals surface area contributed by atoms with Crippen molar-refractivity contribution in [2.75, 3.05) is 0 Å². The van der Waals surface area contributed by atoms with Gasteiger partial charge in [-0.1, -0.05) is 0 Å². The third kappa shape index (κ3) is 1.52. The molecule has 0 atom stereocenters. The van der Waals surface area contributed by atoms with E-state index in [1.165, 1.54) is 0 Å². The second-order valence-corrected chi connectivity index (χ2v) is 4.42. The maximum atomic E-state index is 11.2. The van der Waals surface area contributed by atoms with Crippen molar-refractivity contribution in [1.82, 2.24) is 0 Å². The highest BCUT2D eigenvalue weighted by Gasteiger charge is 2.29. The van der Waals surface area contributed by atoms with Gasteiger partial charge in [-0.05, 0) is 44.5 Å². The van der Waals surface area contributed by atoms with Gasteiger partial charge < -0.3 is 4.74 Å². The van der Waals surface area contributed by atoms with E-state index in [1.54, 1.807) is 6.92 Å². The summed E-state index contributed by atoms with van der Waals surface area (Å²) in [6.07, 6.45) is 0.878. The van der Waals surface area contributed by atoms with Crippen LogP contribution < -0.4 is 4.74 Å². The van der Waals surface area contributed by atoms with E-state index in [4.69, 9.17) is 4.74 Å². The minimum absolute atomic E-state index is 0.109. The lowest BCUT2D eigenvalue weighted by Crippen LogP contribution is -2.24. The van der Waals surface area contributed by atoms with Crippen LogP contribution >= 0.6 is 0 Å².